The third kappa shape index (κ3) is 2.50. The molecule has 4 heteroatoms. The van der Waals surface area contributed by atoms with Gasteiger partial charge in [0.15, 0.2) is 5.78 Å². The molecule has 1 aliphatic rings. The van der Waals surface area contributed by atoms with E-state index in [9.17, 15) is 14.9 Å². The predicted molar refractivity (Wildman–Crippen MR) is 78.3 cm³/mol. The first kappa shape index (κ1) is 10.8. The summed E-state index contributed by atoms with van der Waals surface area (Å²) >= 11 is 0. The fraction of sp³-hybridized carbons (Fsp3) is 0.438. The average Bonchev–Trinajstić information content (AvgIpc) is 2.41. The molecular weight excluding hydrogens is 254 g/mol. The van der Waals surface area contributed by atoms with E-state index < -0.39 is 28.4 Å². The fourth-order valence-corrected chi connectivity index (χ4v) is 2.86. The standard InChI is InChI=1S/C16H19NO3/c1-15(2)9-12(14(18)16(3,4)10-15)11-7-5-6-8-13(11)17(19)20/h5-9H,10H2,1-4H3/i3D3/t16-/m1/s1. The molecule has 0 unspecified atom stereocenters. The maximum Gasteiger partial charge on any atom is 0.277 e. The number of carbonyl (C=O) groups is 1. The van der Waals surface area contributed by atoms with E-state index in [1.165, 1.54) is 25.1 Å². The van der Waals surface area contributed by atoms with Crippen molar-refractivity contribution in [3.8, 4) is 0 Å². The van der Waals surface area contributed by atoms with Crippen molar-refractivity contribution in [1.29, 1.82) is 0 Å². The van der Waals surface area contributed by atoms with Gasteiger partial charge in [-0.25, -0.2) is 0 Å². The summed E-state index contributed by atoms with van der Waals surface area (Å²) in [4.78, 5) is 23.6. The number of allylic oxidation sites excluding steroid dienone is 2. The molecule has 0 N–H and O–H groups in total. The number of Topliss-reactive ketones (excluding diaryl/α,β-unsaturated/α-hetero) is 1. The van der Waals surface area contributed by atoms with Crippen molar-refractivity contribution in [2.24, 2.45) is 10.8 Å². The van der Waals surface area contributed by atoms with Crippen LogP contribution >= 0.6 is 0 Å². The van der Waals surface area contributed by atoms with Crippen LogP contribution in [0, 0.1) is 20.9 Å². The Morgan fingerprint density at radius 3 is 2.55 bits per heavy atom. The molecule has 0 fully saturated rings. The first-order valence-electron chi connectivity index (χ1n) is 7.90. The number of carbonyl (C=O) groups excluding carboxylic acids is 1. The molecule has 20 heavy (non-hydrogen) atoms. The van der Waals surface area contributed by atoms with Gasteiger partial charge in [0.1, 0.15) is 0 Å². The van der Waals surface area contributed by atoms with E-state index in [2.05, 4.69) is 0 Å². The molecule has 0 spiro atoms. The number of para-hydroxylation sites is 1. The van der Waals surface area contributed by atoms with Crippen LogP contribution in [0.5, 0.6) is 0 Å². The van der Waals surface area contributed by atoms with Crippen molar-refractivity contribution in [2.75, 3.05) is 0 Å². The Labute approximate surface area is 122 Å². The lowest BCUT2D eigenvalue weighted by Crippen LogP contribution is -2.35. The third-order valence-corrected chi connectivity index (χ3v) is 3.48. The van der Waals surface area contributed by atoms with E-state index in [0.717, 1.165) is 0 Å². The summed E-state index contributed by atoms with van der Waals surface area (Å²) in [5.41, 5.74) is -2.03. The Kier molecular flexibility index (Phi) is 2.45. The number of hydrogen-bond donors (Lipinski definition) is 0. The summed E-state index contributed by atoms with van der Waals surface area (Å²) in [7, 11) is 0. The summed E-state index contributed by atoms with van der Waals surface area (Å²) in [6, 6.07) is 5.93. The van der Waals surface area contributed by atoms with Crippen LogP contribution < -0.4 is 0 Å². The van der Waals surface area contributed by atoms with Gasteiger partial charge in [-0.15, -0.1) is 0 Å². The average molecular weight is 276 g/mol. The summed E-state index contributed by atoms with van der Waals surface area (Å²) in [6.07, 6.45) is 1.82. The summed E-state index contributed by atoms with van der Waals surface area (Å²) in [6.45, 7) is 2.60. The third-order valence-electron chi connectivity index (χ3n) is 3.48. The van der Waals surface area contributed by atoms with Crippen molar-refractivity contribution in [3.05, 3.63) is 46.0 Å². The largest absolute Gasteiger partial charge is 0.294 e. The minimum atomic E-state index is -2.48. The van der Waals surface area contributed by atoms with Crippen LogP contribution in [0.2, 0.25) is 0 Å². The molecule has 2 rings (SSSR count). The van der Waals surface area contributed by atoms with Gasteiger partial charge in [0.2, 0.25) is 0 Å². The van der Waals surface area contributed by atoms with Gasteiger partial charge in [-0.05, 0) is 17.9 Å². The Morgan fingerprint density at radius 1 is 1.30 bits per heavy atom. The smallest absolute Gasteiger partial charge is 0.277 e. The molecule has 1 aromatic carbocycles. The molecule has 0 bridgehead atoms. The van der Waals surface area contributed by atoms with Crippen LogP contribution in [0.1, 0.15) is 43.7 Å². The zero-order valence-corrected chi connectivity index (χ0v) is 11.8. The summed E-state index contributed by atoms with van der Waals surface area (Å²) in [5.74, 6) is -0.564. The maximum atomic E-state index is 12.9. The molecule has 1 aromatic rings. The number of rotatable bonds is 2. The van der Waals surface area contributed by atoms with Crippen LogP contribution in [0.25, 0.3) is 5.57 Å². The van der Waals surface area contributed by atoms with Crippen LogP contribution in [-0.4, -0.2) is 10.7 Å². The second-order valence-corrected chi connectivity index (χ2v) is 6.16. The lowest BCUT2D eigenvalue weighted by atomic mass is 9.65. The maximum absolute atomic E-state index is 12.9. The first-order valence-corrected chi connectivity index (χ1v) is 6.40. The van der Waals surface area contributed by atoms with Crippen molar-refractivity contribution in [2.45, 2.75) is 34.0 Å². The zero-order chi connectivity index (χ0) is 17.6. The van der Waals surface area contributed by atoms with E-state index in [-0.39, 0.29) is 23.2 Å². The topological polar surface area (TPSA) is 60.2 Å². The predicted octanol–water partition coefficient (Wildman–Crippen LogP) is 4.00. The molecule has 0 aromatic heterocycles. The number of nitro groups is 1. The first-order chi connectivity index (χ1) is 10.4. The van der Waals surface area contributed by atoms with Gasteiger partial charge >= 0.3 is 0 Å². The van der Waals surface area contributed by atoms with Gasteiger partial charge in [0.25, 0.3) is 5.69 Å². The lowest BCUT2D eigenvalue weighted by molar-refractivity contribution is -0.385. The lowest BCUT2D eigenvalue weighted by Gasteiger charge is -2.37. The molecule has 0 saturated carbocycles. The number of benzene rings is 1. The van der Waals surface area contributed by atoms with Gasteiger partial charge in [0, 0.05) is 21.2 Å². The monoisotopic (exact) mass is 276 g/mol. The Bertz CT molecular complexity index is 707. The van der Waals surface area contributed by atoms with Crippen molar-refractivity contribution < 1.29 is 13.8 Å². The quantitative estimate of drug-likeness (QED) is 0.606. The number of nitrogens with zero attached hydrogens (tertiary/aromatic N) is 1. The second kappa shape index (κ2) is 4.54. The van der Waals surface area contributed by atoms with Crippen LogP contribution in [0.4, 0.5) is 5.69 Å². The Hall–Kier alpha value is -1.97. The molecule has 1 aliphatic carbocycles. The van der Waals surface area contributed by atoms with Crippen molar-refractivity contribution in [1.82, 2.24) is 0 Å². The van der Waals surface area contributed by atoms with Crippen molar-refractivity contribution >= 4 is 17.0 Å². The highest BCUT2D eigenvalue weighted by Gasteiger charge is 2.41. The molecule has 106 valence electrons. The van der Waals surface area contributed by atoms with E-state index in [1.807, 2.05) is 13.8 Å². The Balaban J connectivity index is 2.70. The van der Waals surface area contributed by atoms with E-state index in [0.29, 0.717) is 0 Å². The Morgan fingerprint density at radius 2 is 1.95 bits per heavy atom. The van der Waals surface area contributed by atoms with Crippen molar-refractivity contribution in [3.63, 3.8) is 0 Å². The van der Waals surface area contributed by atoms with Gasteiger partial charge in [0.05, 0.1) is 10.5 Å². The van der Waals surface area contributed by atoms with Crippen LogP contribution in [-0.2, 0) is 4.79 Å². The SMILES string of the molecule is [2H]C([2H])([2H])[C@@]1(C)CC(C)(C)C=C(c2ccccc2[N+](=O)[O-])C1=O. The minimum Gasteiger partial charge on any atom is -0.294 e. The summed E-state index contributed by atoms with van der Waals surface area (Å²) in [5, 5.41) is 11.2. The molecule has 0 saturated heterocycles. The van der Waals surface area contributed by atoms with E-state index in [4.69, 9.17) is 4.11 Å². The number of hydrogen-bond acceptors (Lipinski definition) is 3. The minimum absolute atomic E-state index is 0.118. The molecule has 0 amide bonds. The van der Waals surface area contributed by atoms with Gasteiger partial charge < -0.3 is 0 Å². The molecule has 0 heterocycles. The normalized spacial score (nSPS) is 28.1. The highest BCUT2D eigenvalue weighted by Crippen LogP contribution is 2.46. The highest BCUT2D eigenvalue weighted by atomic mass is 16.6. The number of ketones is 1. The van der Waals surface area contributed by atoms with Crippen LogP contribution in [0.3, 0.4) is 0 Å². The molecule has 0 aliphatic heterocycles. The molecule has 0 radical (unpaired) electrons. The molecular formula is C16H19NO3. The van der Waals surface area contributed by atoms with Gasteiger partial charge in [-0.2, -0.15) is 0 Å². The fourth-order valence-electron chi connectivity index (χ4n) is 2.86. The van der Waals surface area contributed by atoms with E-state index >= 15 is 0 Å². The molecule has 1 atom stereocenters. The van der Waals surface area contributed by atoms with Crippen LogP contribution in [0.15, 0.2) is 30.3 Å². The van der Waals surface area contributed by atoms with Gasteiger partial charge in [-0.1, -0.05) is 45.8 Å². The summed E-state index contributed by atoms with van der Waals surface area (Å²) < 4.78 is 23.3. The van der Waals surface area contributed by atoms with E-state index in [1.54, 1.807) is 12.1 Å². The molecule has 4 nitrogen and oxygen atoms in total. The second-order valence-electron chi connectivity index (χ2n) is 6.16. The van der Waals surface area contributed by atoms with Gasteiger partial charge in [-0.3, -0.25) is 14.9 Å². The highest BCUT2D eigenvalue weighted by molar-refractivity contribution is 6.24. The number of nitro benzene ring substituents is 1. The zero-order valence-electron chi connectivity index (χ0n) is 14.8.